The molecule has 1 aliphatic carbocycles. The van der Waals surface area contributed by atoms with Crippen LogP contribution < -0.4 is 20.1 Å². The third-order valence-corrected chi connectivity index (χ3v) is 5.34. The van der Waals surface area contributed by atoms with Gasteiger partial charge in [-0.1, -0.05) is 18.2 Å². The number of rotatable bonds is 8. The normalized spacial score (nSPS) is 14.0. The number of carbonyl (C=O) groups excluding carboxylic acids is 1. The summed E-state index contributed by atoms with van der Waals surface area (Å²) in [6, 6.07) is 14.6. The minimum absolute atomic E-state index is 0.0801. The van der Waals surface area contributed by atoms with Crippen LogP contribution in [0.4, 0.5) is 29.3 Å². The summed E-state index contributed by atoms with van der Waals surface area (Å²) in [7, 11) is 0. The molecule has 3 N–H and O–H groups in total. The van der Waals surface area contributed by atoms with Crippen molar-refractivity contribution in [1.82, 2.24) is 4.98 Å². The first-order valence-electron chi connectivity index (χ1n) is 10.5. The number of aliphatic carboxylic acids is 1. The van der Waals surface area contributed by atoms with Gasteiger partial charge >= 0.3 is 18.4 Å². The molecule has 0 spiro atoms. The molecule has 11 heteroatoms. The van der Waals surface area contributed by atoms with E-state index in [0.717, 1.165) is 23.3 Å². The third kappa shape index (κ3) is 6.40. The topological polar surface area (TPSA) is 110 Å². The van der Waals surface area contributed by atoms with E-state index in [4.69, 9.17) is 4.74 Å². The number of nitrogens with one attached hydrogen (secondary N) is 2. The number of carboxylic acid groups (broad SMARTS) is 1. The van der Waals surface area contributed by atoms with Crippen molar-refractivity contribution in [2.24, 2.45) is 5.41 Å². The first-order valence-corrected chi connectivity index (χ1v) is 10.5. The zero-order valence-corrected chi connectivity index (χ0v) is 18.1. The molecule has 8 nitrogen and oxygen atoms in total. The van der Waals surface area contributed by atoms with Crippen molar-refractivity contribution < 1.29 is 37.3 Å². The Morgan fingerprint density at radius 1 is 0.971 bits per heavy atom. The van der Waals surface area contributed by atoms with Gasteiger partial charge in [0.05, 0.1) is 0 Å². The second-order valence-corrected chi connectivity index (χ2v) is 7.99. The summed E-state index contributed by atoms with van der Waals surface area (Å²) in [6.45, 7) is 0.0801. The summed E-state index contributed by atoms with van der Waals surface area (Å²) in [5.74, 6) is -0.972. The molecule has 1 saturated carbocycles. The Bertz CT molecular complexity index is 1210. The molecule has 0 bridgehead atoms. The molecule has 182 valence electrons. The Morgan fingerprint density at radius 2 is 1.66 bits per heavy atom. The molecule has 1 aromatic heterocycles. The van der Waals surface area contributed by atoms with Gasteiger partial charge in [0, 0.05) is 35.3 Å². The number of pyridine rings is 1. The van der Waals surface area contributed by atoms with E-state index in [2.05, 4.69) is 20.4 Å². The van der Waals surface area contributed by atoms with Crippen molar-refractivity contribution in [2.75, 3.05) is 17.2 Å². The van der Waals surface area contributed by atoms with Crippen LogP contribution in [-0.4, -0.2) is 35.1 Å². The number of alkyl halides is 3. The minimum atomic E-state index is -4.83. The van der Waals surface area contributed by atoms with Gasteiger partial charge in [0.15, 0.2) is 0 Å². The molecule has 0 saturated heterocycles. The van der Waals surface area contributed by atoms with Gasteiger partial charge in [0.25, 0.3) is 0 Å². The van der Waals surface area contributed by atoms with E-state index in [9.17, 15) is 27.9 Å². The van der Waals surface area contributed by atoms with Crippen molar-refractivity contribution >= 4 is 23.4 Å². The SMILES string of the molecule is O=C(Nc1ccc(-c2ccc(OCC3(C(=O)O)CC3)nc2)cc1)Nc1cccc(OC(F)(F)F)c1. The Hall–Kier alpha value is -4.28. The van der Waals surface area contributed by atoms with Crippen LogP contribution in [0.1, 0.15) is 12.8 Å². The fourth-order valence-electron chi connectivity index (χ4n) is 3.23. The maximum atomic E-state index is 12.4. The van der Waals surface area contributed by atoms with Gasteiger partial charge in [-0.05, 0) is 48.7 Å². The van der Waals surface area contributed by atoms with Gasteiger partial charge in [-0.15, -0.1) is 13.2 Å². The second kappa shape index (κ2) is 9.53. The first kappa shape index (κ1) is 23.9. The Balaban J connectivity index is 1.31. The molecular weight excluding hydrogens is 467 g/mol. The molecule has 2 amide bonds. The number of amides is 2. The van der Waals surface area contributed by atoms with E-state index in [1.807, 2.05) is 0 Å². The fraction of sp³-hybridized carbons (Fsp3) is 0.208. The fourth-order valence-corrected chi connectivity index (χ4v) is 3.23. The van der Waals surface area contributed by atoms with Crippen LogP contribution in [0, 0.1) is 5.41 Å². The molecule has 2 aromatic carbocycles. The number of halogens is 3. The summed E-state index contributed by atoms with van der Waals surface area (Å²) in [4.78, 5) is 27.6. The minimum Gasteiger partial charge on any atom is -0.481 e. The summed E-state index contributed by atoms with van der Waals surface area (Å²) in [6.07, 6.45) is -2.04. The molecule has 35 heavy (non-hydrogen) atoms. The smallest absolute Gasteiger partial charge is 0.481 e. The van der Waals surface area contributed by atoms with Crippen LogP contribution in [0.5, 0.6) is 11.6 Å². The van der Waals surface area contributed by atoms with Crippen molar-refractivity contribution in [3.8, 4) is 22.8 Å². The van der Waals surface area contributed by atoms with Crippen molar-refractivity contribution in [3.05, 3.63) is 66.9 Å². The number of ether oxygens (including phenoxy) is 2. The van der Waals surface area contributed by atoms with E-state index in [1.165, 1.54) is 12.1 Å². The highest BCUT2D eigenvalue weighted by atomic mass is 19.4. The predicted octanol–water partition coefficient (Wildman–Crippen LogP) is 5.53. The quantitative estimate of drug-likeness (QED) is 0.385. The molecule has 1 heterocycles. The van der Waals surface area contributed by atoms with E-state index >= 15 is 0 Å². The maximum absolute atomic E-state index is 12.4. The van der Waals surface area contributed by atoms with Crippen LogP contribution in [0.3, 0.4) is 0 Å². The standard InChI is InChI=1S/C24H20F3N3O5/c25-24(26,27)35-19-3-1-2-18(12-19)30-22(33)29-17-7-4-15(5-8-17)16-6-9-20(28-13-16)34-14-23(10-11-23)21(31)32/h1-9,12-13H,10-11,14H2,(H,31,32)(H2,29,30,33). The zero-order chi connectivity index (χ0) is 25.1. The van der Waals surface area contributed by atoms with Gasteiger partial charge < -0.3 is 25.2 Å². The van der Waals surface area contributed by atoms with Crippen LogP contribution in [0.2, 0.25) is 0 Å². The molecule has 4 rings (SSSR count). The molecule has 0 atom stereocenters. The summed E-state index contributed by atoms with van der Waals surface area (Å²) < 4.78 is 46.4. The Kier molecular flexibility index (Phi) is 6.50. The summed E-state index contributed by atoms with van der Waals surface area (Å²) in [5, 5.41) is 14.2. The number of nitrogens with zero attached hydrogens (tertiary/aromatic N) is 1. The molecule has 3 aromatic rings. The number of anilines is 2. The predicted molar refractivity (Wildman–Crippen MR) is 120 cm³/mol. The number of carbonyl (C=O) groups is 2. The number of urea groups is 1. The lowest BCUT2D eigenvalue weighted by Crippen LogP contribution is -2.23. The highest BCUT2D eigenvalue weighted by molar-refractivity contribution is 6.00. The average molecular weight is 487 g/mol. The number of carboxylic acids is 1. The number of aromatic nitrogens is 1. The van der Waals surface area contributed by atoms with Crippen molar-refractivity contribution in [1.29, 1.82) is 0 Å². The van der Waals surface area contributed by atoms with Crippen LogP contribution in [0.15, 0.2) is 66.9 Å². The Morgan fingerprint density at radius 3 is 2.26 bits per heavy atom. The third-order valence-electron chi connectivity index (χ3n) is 5.34. The largest absolute Gasteiger partial charge is 0.573 e. The lowest BCUT2D eigenvalue weighted by molar-refractivity contribution is -0.274. The second-order valence-electron chi connectivity index (χ2n) is 7.99. The highest BCUT2D eigenvalue weighted by Gasteiger charge is 2.51. The monoisotopic (exact) mass is 487 g/mol. The lowest BCUT2D eigenvalue weighted by atomic mass is 10.1. The van der Waals surface area contributed by atoms with Crippen LogP contribution in [0.25, 0.3) is 11.1 Å². The molecular formula is C24H20F3N3O5. The maximum Gasteiger partial charge on any atom is 0.573 e. The van der Waals surface area contributed by atoms with Gasteiger partial charge in [-0.2, -0.15) is 0 Å². The van der Waals surface area contributed by atoms with E-state index < -0.39 is 29.5 Å². The zero-order valence-electron chi connectivity index (χ0n) is 18.1. The Labute approximate surface area is 197 Å². The molecule has 0 unspecified atom stereocenters. The molecule has 0 radical (unpaired) electrons. The molecule has 1 aliphatic rings. The summed E-state index contributed by atoms with van der Waals surface area (Å²) in [5.41, 5.74) is 1.40. The average Bonchev–Trinajstić information content (AvgIpc) is 3.59. The van der Waals surface area contributed by atoms with Crippen molar-refractivity contribution in [3.63, 3.8) is 0 Å². The first-order chi connectivity index (χ1) is 16.6. The number of hydrogen-bond donors (Lipinski definition) is 3. The van der Waals surface area contributed by atoms with E-state index in [0.29, 0.717) is 24.4 Å². The van der Waals surface area contributed by atoms with Gasteiger partial charge in [-0.25, -0.2) is 9.78 Å². The molecule has 1 fully saturated rings. The number of benzene rings is 2. The van der Waals surface area contributed by atoms with Crippen LogP contribution in [-0.2, 0) is 4.79 Å². The van der Waals surface area contributed by atoms with E-state index in [-0.39, 0.29) is 12.3 Å². The lowest BCUT2D eigenvalue weighted by Gasteiger charge is -2.12. The summed E-state index contributed by atoms with van der Waals surface area (Å²) >= 11 is 0. The van der Waals surface area contributed by atoms with E-state index in [1.54, 1.807) is 42.6 Å². The van der Waals surface area contributed by atoms with Crippen LogP contribution >= 0.6 is 0 Å². The van der Waals surface area contributed by atoms with Crippen molar-refractivity contribution in [2.45, 2.75) is 19.2 Å². The highest BCUT2D eigenvalue weighted by Crippen LogP contribution is 2.46. The molecule has 0 aliphatic heterocycles. The number of hydrogen-bond acceptors (Lipinski definition) is 5. The van der Waals surface area contributed by atoms with Gasteiger partial charge in [-0.3, -0.25) is 4.79 Å². The van der Waals surface area contributed by atoms with Gasteiger partial charge in [0.2, 0.25) is 5.88 Å². The van der Waals surface area contributed by atoms with Gasteiger partial charge in [0.1, 0.15) is 17.8 Å².